The van der Waals surface area contributed by atoms with Gasteiger partial charge in [-0.15, -0.1) is 0 Å². The van der Waals surface area contributed by atoms with Crippen LogP contribution in [0.15, 0.2) is 72.2 Å². The number of imidazole rings is 1. The Morgan fingerprint density at radius 3 is 2.82 bits per heavy atom. The highest BCUT2D eigenvalue weighted by Gasteiger charge is 2.18. The number of rotatable bonds is 5. The first-order chi connectivity index (χ1) is 16.3. The van der Waals surface area contributed by atoms with E-state index in [1.807, 2.05) is 47.4 Å². The molecule has 1 aliphatic rings. The molecule has 6 rings (SSSR count). The maximum Gasteiger partial charge on any atom is 0.177 e. The van der Waals surface area contributed by atoms with Crippen LogP contribution < -0.4 is 4.90 Å². The molecular weight excluding hydrogens is 414 g/mol. The Kier molecular flexibility index (Phi) is 5.04. The summed E-state index contributed by atoms with van der Waals surface area (Å²) in [7, 11) is 0. The lowest BCUT2D eigenvalue weighted by atomic mass is 10.2. The number of hydrogen-bond donors (Lipinski definition) is 1. The standard InChI is InChI=1S/C25H23N7O/c1-2-4-22-21(3-1)19(15-28-22)14-27-16-20-13-24(31-9-11-33-12-10-31)25-29-23(17-32(25)30-20)18-5-7-26-8-6-18/h1-8,13-15,17,28H,9-12,16H2. The predicted molar refractivity (Wildman–Crippen MR) is 129 cm³/mol. The Labute approximate surface area is 190 Å². The molecule has 0 radical (unpaired) electrons. The molecule has 33 heavy (non-hydrogen) atoms. The number of pyridine rings is 1. The van der Waals surface area contributed by atoms with Gasteiger partial charge in [-0.2, -0.15) is 5.10 Å². The summed E-state index contributed by atoms with van der Waals surface area (Å²) in [6, 6.07) is 14.3. The molecule has 8 nitrogen and oxygen atoms in total. The lowest BCUT2D eigenvalue weighted by Crippen LogP contribution is -2.36. The fourth-order valence-electron chi connectivity index (χ4n) is 4.23. The largest absolute Gasteiger partial charge is 0.378 e. The Hall–Kier alpha value is -4.04. The topological polar surface area (TPSA) is 83.7 Å². The van der Waals surface area contributed by atoms with Gasteiger partial charge in [-0.05, 0) is 24.3 Å². The number of hydrogen-bond acceptors (Lipinski definition) is 6. The van der Waals surface area contributed by atoms with Crippen molar-refractivity contribution >= 4 is 28.5 Å². The van der Waals surface area contributed by atoms with Crippen LogP contribution in [-0.2, 0) is 11.3 Å². The van der Waals surface area contributed by atoms with Crippen LogP contribution in [0.4, 0.5) is 5.69 Å². The van der Waals surface area contributed by atoms with Crippen LogP contribution in [0.3, 0.4) is 0 Å². The molecule has 8 heteroatoms. The zero-order valence-electron chi connectivity index (χ0n) is 18.1. The third kappa shape index (κ3) is 3.85. The summed E-state index contributed by atoms with van der Waals surface area (Å²) in [6.07, 6.45) is 9.43. The zero-order chi connectivity index (χ0) is 22.0. The second kappa shape index (κ2) is 8.48. The third-order valence-corrected chi connectivity index (χ3v) is 5.89. The van der Waals surface area contributed by atoms with E-state index in [-0.39, 0.29) is 0 Å². The van der Waals surface area contributed by atoms with Crippen molar-refractivity contribution in [3.63, 3.8) is 0 Å². The molecule has 1 fully saturated rings. The van der Waals surface area contributed by atoms with Gasteiger partial charge in [0.15, 0.2) is 5.65 Å². The Morgan fingerprint density at radius 2 is 1.94 bits per heavy atom. The Morgan fingerprint density at radius 1 is 1.09 bits per heavy atom. The van der Waals surface area contributed by atoms with Gasteiger partial charge in [-0.25, -0.2) is 9.50 Å². The summed E-state index contributed by atoms with van der Waals surface area (Å²) < 4.78 is 7.43. The lowest BCUT2D eigenvalue weighted by Gasteiger charge is -2.29. The normalized spacial score (nSPS) is 14.6. The van der Waals surface area contributed by atoms with Crippen LogP contribution in [0.5, 0.6) is 0 Å². The van der Waals surface area contributed by atoms with Gasteiger partial charge in [-0.1, -0.05) is 18.2 Å². The van der Waals surface area contributed by atoms with Crippen molar-refractivity contribution in [2.75, 3.05) is 31.2 Å². The van der Waals surface area contributed by atoms with Crippen LogP contribution in [0.1, 0.15) is 11.3 Å². The molecule has 5 heterocycles. The molecule has 164 valence electrons. The number of fused-ring (bicyclic) bond motifs is 2. The molecule has 0 saturated carbocycles. The van der Waals surface area contributed by atoms with Crippen LogP contribution in [0, 0.1) is 0 Å². The van der Waals surface area contributed by atoms with Gasteiger partial charge in [0, 0.05) is 59.9 Å². The molecule has 1 aromatic carbocycles. The minimum absolute atomic E-state index is 0.482. The molecule has 0 unspecified atom stereocenters. The number of aliphatic imine (C=N–C) groups is 1. The number of aromatic amines is 1. The van der Waals surface area contributed by atoms with Gasteiger partial charge >= 0.3 is 0 Å². The SMILES string of the molecule is C(=NCc1cc(N2CCOCC2)c2nc(-c3ccncc3)cn2n1)c1c[nH]c2ccccc12. The smallest absolute Gasteiger partial charge is 0.177 e. The minimum atomic E-state index is 0.482. The van der Waals surface area contributed by atoms with Crippen molar-refractivity contribution in [3.8, 4) is 11.3 Å². The Balaban J connectivity index is 1.36. The van der Waals surface area contributed by atoms with Gasteiger partial charge in [0.2, 0.25) is 0 Å². The number of aromatic nitrogens is 5. The molecule has 1 aliphatic heterocycles. The number of benzene rings is 1. The predicted octanol–water partition coefficient (Wildman–Crippen LogP) is 3.73. The second-order valence-corrected chi connectivity index (χ2v) is 8.01. The molecule has 0 spiro atoms. The third-order valence-electron chi connectivity index (χ3n) is 5.89. The summed E-state index contributed by atoms with van der Waals surface area (Å²) in [6.45, 7) is 3.56. The number of ether oxygens (including phenoxy) is 1. The molecule has 0 aliphatic carbocycles. The molecular formula is C25H23N7O. The summed E-state index contributed by atoms with van der Waals surface area (Å²) in [5, 5.41) is 5.98. The number of nitrogens with zero attached hydrogens (tertiary/aromatic N) is 6. The molecule has 0 bridgehead atoms. The van der Waals surface area contributed by atoms with Gasteiger partial charge in [0.05, 0.1) is 43.0 Å². The van der Waals surface area contributed by atoms with E-state index in [4.69, 9.17) is 19.8 Å². The summed E-state index contributed by atoms with van der Waals surface area (Å²) >= 11 is 0. The van der Waals surface area contributed by atoms with Crippen molar-refractivity contribution in [2.24, 2.45) is 4.99 Å². The zero-order valence-corrected chi connectivity index (χ0v) is 18.1. The van der Waals surface area contributed by atoms with Crippen LogP contribution in [-0.4, -0.2) is 57.1 Å². The first-order valence-corrected chi connectivity index (χ1v) is 11.0. The molecule has 1 N–H and O–H groups in total. The summed E-state index contributed by atoms with van der Waals surface area (Å²) in [5.41, 5.74) is 6.86. The van der Waals surface area contributed by atoms with Crippen LogP contribution >= 0.6 is 0 Å². The number of anilines is 1. The van der Waals surface area contributed by atoms with E-state index < -0.39 is 0 Å². The van der Waals surface area contributed by atoms with Crippen LogP contribution in [0.25, 0.3) is 27.8 Å². The number of H-pyrrole nitrogens is 1. The molecule has 5 aromatic rings. The number of morpholine rings is 1. The van der Waals surface area contributed by atoms with Crippen molar-refractivity contribution in [1.29, 1.82) is 0 Å². The van der Waals surface area contributed by atoms with Gasteiger partial charge in [-0.3, -0.25) is 9.98 Å². The molecule has 0 amide bonds. The van der Waals surface area contributed by atoms with E-state index in [1.165, 1.54) is 0 Å². The molecule has 4 aromatic heterocycles. The van der Waals surface area contributed by atoms with E-state index in [0.29, 0.717) is 19.8 Å². The first kappa shape index (κ1) is 19.6. The van der Waals surface area contributed by atoms with Crippen molar-refractivity contribution in [3.05, 3.63) is 78.5 Å². The number of nitrogens with one attached hydrogen (secondary N) is 1. The Bertz CT molecular complexity index is 1430. The molecule has 1 saturated heterocycles. The van der Waals surface area contributed by atoms with E-state index in [0.717, 1.165) is 57.8 Å². The fraction of sp³-hybridized carbons (Fsp3) is 0.200. The second-order valence-electron chi connectivity index (χ2n) is 8.01. The minimum Gasteiger partial charge on any atom is -0.378 e. The van der Waals surface area contributed by atoms with Crippen molar-refractivity contribution in [1.82, 2.24) is 24.6 Å². The monoisotopic (exact) mass is 437 g/mol. The lowest BCUT2D eigenvalue weighted by molar-refractivity contribution is 0.123. The summed E-state index contributed by atoms with van der Waals surface area (Å²) in [5.74, 6) is 0. The first-order valence-electron chi connectivity index (χ1n) is 11.0. The molecule has 0 atom stereocenters. The number of para-hydroxylation sites is 1. The van der Waals surface area contributed by atoms with Gasteiger partial charge in [0.25, 0.3) is 0 Å². The highest BCUT2D eigenvalue weighted by Crippen LogP contribution is 2.26. The average Bonchev–Trinajstić information content (AvgIpc) is 3.49. The van der Waals surface area contributed by atoms with Crippen LogP contribution in [0.2, 0.25) is 0 Å². The maximum absolute atomic E-state index is 5.56. The van der Waals surface area contributed by atoms with E-state index in [1.54, 1.807) is 12.4 Å². The van der Waals surface area contributed by atoms with E-state index >= 15 is 0 Å². The average molecular weight is 438 g/mol. The fourth-order valence-corrected chi connectivity index (χ4v) is 4.23. The van der Waals surface area contributed by atoms with Gasteiger partial charge in [0.1, 0.15) is 0 Å². The van der Waals surface area contributed by atoms with Gasteiger partial charge < -0.3 is 14.6 Å². The highest BCUT2D eigenvalue weighted by atomic mass is 16.5. The van der Waals surface area contributed by atoms with Crippen molar-refractivity contribution in [2.45, 2.75) is 6.54 Å². The maximum atomic E-state index is 5.56. The highest BCUT2D eigenvalue weighted by molar-refractivity contribution is 5.98. The quantitative estimate of drug-likeness (QED) is 0.424. The van der Waals surface area contributed by atoms with Crippen molar-refractivity contribution < 1.29 is 4.74 Å². The van der Waals surface area contributed by atoms with E-state index in [2.05, 4.69) is 33.1 Å². The van der Waals surface area contributed by atoms with E-state index in [9.17, 15) is 0 Å². The summed E-state index contributed by atoms with van der Waals surface area (Å²) in [4.78, 5) is 19.3.